The standard InChI is InChI=1S/C26H19F8NO/c1-14-2-4-15(5-3-14)16-6-7-22(35-13-16)26(33,34)36-18-10-17-11-20(27)19(8-9-25(30,31)32)24(29)23(17)21(28)12-18/h6-7,10-15H,2-5H2,1H3. The number of hydrogen-bond acceptors (Lipinski definition) is 2. The smallest absolute Gasteiger partial charge is 0.428 e. The molecule has 190 valence electrons. The maximum absolute atomic E-state index is 14.8. The topological polar surface area (TPSA) is 22.1 Å². The van der Waals surface area contributed by atoms with Gasteiger partial charge in [-0.25, -0.2) is 13.2 Å². The molecule has 0 bridgehead atoms. The van der Waals surface area contributed by atoms with Gasteiger partial charge in [-0.05, 0) is 53.8 Å². The van der Waals surface area contributed by atoms with E-state index in [-0.39, 0.29) is 5.92 Å². The van der Waals surface area contributed by atoms with Gasteiger partial charge in [0.25, 0.3) is 0 Å². The minimum absolute atomic E-state index is 0.224. The Labute approximate surface area is 201 Å². The second-order valence-electron chi connectivity index (χ2n) is 8.85. The van der Waals surface area contributed by atoms with Gasteiger partial charge in [0, 0.05) is 18.2 Å². The number of alkyl halides is 5. The zero-order valence-electron chi connectivity index (χ0n) is 18.8. The van der Waals surface area contributed by atoms with Crippen molar-refractivity contribution in [3.8, 4) is 17.6 Å². The molecule has 0 saturated heterocycles. The van der Waals surface area contributed by atoms with E-state index in [0.717, 1.165) is 43.4 Å². The van der Waals surface area contributed by atoms with E-state index in [0.29, 0.717) is 24.0 Å². The SMILES string of the molecule is CC1CCC(c2ccc(C(F)(F)Oc3cc(F)c4c(F)c(C#CC(F)(F)F)c(F)cc4c3)nc2)CC1. The van der Waals surface area contributed by atoms with Gasteiger partial charge in [0.1, 0.15) is 17.4 Å². The van der Waals surface area contributed by atoms with Crippen LogP contribution in [0.2, 0.25) is 0 Å². The van der Waals surface area contributed by atoms with Crippen LogP contribution in [0.25, 0.3) is 10.8 Å². The fraction of sp³-hybridized carbons (Fsp3) is 0.346. The van der Waals surface area contributed by atoms with E-state index in [4.69, 9.17) is 0 Å². The van der Waals surface area contributed by atoms with Crippen LogP contribution in [0.1, 0.15) is 55.3 Å². The van der Waals surface area contributed by atoms with Gasteiger partial charge in [0.15, 0.2) is 11.5 Å². The largest absolute Gasteiger partial charge is 0.458 e. The number of benzene rings is 2. The summed E-state index contributed by atoms with van der Waals surface area (Å²) in [6.07, 6.45) is -3.74. The summed E-state index contributed by atoms with van der Waals surface area (Å²) in [5.74, 6) is -2.56. The van der Waals surface area contributed by atoms with Crippen LogP contribution in [0, 0.1) is 35.2 Å². The Hall–Kier alpha value is -3.35. The van der Waals surface area contributed by atoms with Crippen LogP contribution in [-0.2, 0) is 6.11 Å². The van der Waals surface area contributed by atoms with E-state index in [2.05, 4.69) is 16.6 Å². The summed E-state index contributed by atoms with van der Waals surface area (Å²) in [7, 11) is 0. The Kier molecular flexibility index (Phi) is 6.86. The molecule has 1 aromatic heterocycles. The van der Waals surface area contributed by atoms with Gasteiger partial charge in [-0.15, -0.1) is 0 Å². The number of fused-ring (bicyclic) bond motifs is 1. The van der Waals surface area contributed by atoms with Gasteiger partial charge in [-0.1, -0.05) is 31.8 Å². The molecule has 1 fully saturated rings. The van der Waals surface area contributed by atoms with Crippen LogP contribution >= 0.6 is 0 Å². The van der Waals surface area contributed by atoms with E-state index in [1.165, 1.54) is 18.2 Å². The number of halogens is 8. The molecule has 0 atom stereocenters. The number of hydrogen-bond donors (Lipinski definition) is 0. The second kappa shape index (κ2) is 9.60. The molecule has 1 aliphatic rings. The molecule has 36 heavy (non-hydrogen) atoms. The third-order valence-corrected chi connectivity index (χ3v) is 6.20. The third-order valence-electron chi connectivity index (χ3n) is 6.20. The summed E-state index contributed by atoms with van der Waals surface area (Å²) in [6.45, 7) is 2.16. The average Bonchev–Trinajstić information content (AvgIpc) is 2.78. The fourth-order valence-electron chi connectivity index (χ4n) is 4.31. The average molecular weight is 513 g/mol. The zero-order valence-corrected chi connectivity index (χ0v) is 18.8. The predicted octanol–water partition coefficient (Wildman–Crippen LogP) is 7.99. The van der Waals surface area contributed by atoms with Crippen molar-refractivity contribution in [3.05, 3.63) is 70.8 Å². The highest BCUT2D eigenvalue weighted by atomic mass is 19.4. The third kappa shape index (κ3) is 5.55. The molecule has 4 rings (SSSR count). The van der Waals surface area contributed by atoms with Crippen molar-refractivity contribution >= 4 is 10.8 Å². The monoisotopic (exact) mass is 513 g/mol. The molecule has 0 spiro atoms. The first-order valence-electron chi connectivity index (χ1n) is 11.1. The first-order chi connectivity index (χ1) is 16.8. The van der Waals surface area contributed by atoms with Crippen LogP contribution in [0.4, 0.5) is 35.1 Å². The normalized spacial score (nSPS) is 18.6. The van der Waals surface area contributed by atoms with Gasteiger partial charge in [0.05, 0.1) is 10.9 Å². The second-order valence-corrected chi connectivity index (χ2v) is 8.85. The Morgan fingerprint density at radius 2 is 1.61 bits per heavy atom. The van der Waals surface area contributed by atoms with Crippen molar-refractivity contribution < 1.29 is 39.9 Å². The maximum atomic E-state index is 14.8. The molecule has 0 unspecified atom stereocenters. The van der Waals surface area contributed by atoms with Gasteiger partial charge in [-0.2, -0.15) is 22.0 Å². The van der Waals surface area contributed by atoms with E-state index >= 15 is 0 Å². The molecule has 2 aromatic carbocycles. The van der Waals surface area contributed by atoms with Crippen molar-refractivity contribution in [2.75, 3.05) is 0 Å². The molecule has 0 radical (unpaired) electrons. The summed E-state index contributed by atoms with van der Waals surface area (Å²) in [4.78, 5) is 3.81. The molecule has 0 amide bonds. The maximum Gasteiger partial charge on any atom is 0.458 e. The predicted molar refractivity (Wildman–Crippen MR) is 116 cm³/mol. The minimum Gasteiger partial charge on any atom is -0.428 e. The van der Waals surface area contributed by atoms with Crippen molar-refractivity contribution in [2.45, 2.75) is 50.8 Å². The lowest BCUT2D eigenvalue weighted by Crippen LogP contribution is -2.23. The molecule has 0 aliphatic heterocycles. The van der Waals surface area contributed by atoms with Gasteiger partial charge in [0.2, 0.25) is 0 Å². The molecule has 1 saturated carbocycles. The Morgan fingerprint density at radius 1 is 0.917 bits per heavy atom. The van der Waals surface area contributed by atoms with Crippen molar-refractivity contribution in [2.24, 2.45) is 5.92 Å². The Balaban J connectivity index is 1.60. The fourth-order valence-corrected chi connectivity index (χ4v) is 4.31. The molecule has 0 N–H and O–H groups in total. The van der Waals surface area contributed by atoms with Crippen molar-refractivity contribution in [1.82, 2.24) is 4.98 Å². The van der Waals surface area contributed by atoms with E-state index in [9.17, 15) is 35.1 Å². The first kappa shape index (κ1) is 25.7. The van der Waals surface area contributed by atoms with Crippen molar-refractivity contribution in [3.63, 3.8) is 0 Å². The highest BCUT2D eigenvalue weighted by molar-refractivity contribution is 5.87. The van der Waals surface area contributed by atoms with Crippen LogP contribution in [0.15, 0.2) is 36.5 Å². The molecule has 1 heterocycles. The summed E-state index contributed by atoms with van der Waals surface area (Å²) in [5.41, 5.74) is -1.21. The van der Waals surface area contributed by atoms with Gasteiger partial charge in [-0.3, -0.25) is 4.98 Å². The zero-order chi connectivity index (χ0) is 26.3. The number of nitrogens with zero attached hydrogens (tertiary/aromatic N) is 1. The van der Waals surface area contributed by atoms with Gasteiger partial charge >= 0.3 is 12.3 Å². The summed E-state index contributed by atoms with van der Waals surface area (Å²) < 4.78 is 114. The molecule has 10 heteroatoms. The van der Waals surface area contributed by atoms with E-state index in [1.807, 2.05) is 0 Å². The molecular weight excluding hydrogens is 494 g/mol. The number of ether oxygens (including phenoxy) is 1. The quantitative estimate of drug-likeness (QED) is 0.261. The lowest BCUT2D eigenvalue weighted by Gasteiger charge is -2.26. The first-order valence-corrected chi connectivity index (χ1v) is 11.1. The summed E-state index contributed by atoms with van der Waals surface area (Å²) in [5, 5.41) is -1.45. The summed E-state index contributed by atoms with van der Waals surface area (Å²) in [6, 6.07) is 4.31. The molecule has 3 aromatic rings. The number of pyridine rings is 1. The van der Waals surface area contributed by atoms with Crippen LogP contribution in [-0.4, -0.2) is 11.2 Å². The van der Waals surface area contributed by atoms with Crippen LogP contribution in [0.5, 0.6) is 5.75 Å². The van der Waals surface area contributed by atoms with E-state index in [1.54, 1.807) is 0 Å². The van der Waals surface area contributed by atoms with E-state index < -0.39 is 57.5 Å². The van der Waals surface area contributed by atoms with Gasteiger partial charge < -0.3 is 4.74 Å². The highest BCUT2D eigenvalue weighted by Crippen LogP contribution is 2.38. The minimum atomic E-state index is -5.03. The molecular formula is C26H19F8NO. The lowest BCUT2D eigenvalue weighted by molar-refractivity contribution is -0.188. The Bertz CT molecular complexity index is 1330. The van der Waals surface area contributed by atoms with Crippen LogP contribution in [0.3, 0.4) is 0 Å². The van der Waals surface area contributed by atoms with Crippen LogP contribution < -0.4 is 4.74 Å². The van der Waals surface area contributed by atoms with Crippen molar-refractivity contribution in [1.29, 1.82) is 0 Å². The lowest BCUT2D eigenvalue weighted by atomic mass is 9.80. The highest BCUT2D eigenvalue weighted by Gasteiger charge is 2.37. The summed E-state index contributed by atoms with van der Waals surface area (Å²) >= 11 is 0. The molecule has 2 nitrogen and oxygen atoms in total. The number of aromatic nitrogens is 1. The Morgan fingerprint density at radius 3 is 2.22 bits per heavy atom. The number of rotatable bonds is 4. The molecule has 1 aliphatic carbocycles.